The van der Waals surface area contributed by atoms with Gasteiger partial charge in [0.1, 0.15) is 0 Å². The van der Waals surface area contributed by atoms with Gasteiger partial charge in [-0.3, -0.25) is 0 Å². The minimum absolute atomic E-state index is 1.47. The van der Waals surface area contributed by atoms with Crippen molar-refractivity contribution >= 4 is 50.8 Å². The Hall–Kier alpha value is 2.41. The molecule has 0 aromatic heterocycles. The van der Waals surface area contributed by atoms with Gasteiger partial charge in [0.05, 0.1) is 0 Å². The molecule has 35 valence electrons. The summed E-state index contributed by atoms with van der Waals surface area (Å²) in [5.74, 6) is 0. The number of hydrogen-bond donors (Lipinski definition) is 0. The second kappa shape index (κ2) is 10.4. The van der Waals surface area contributed by atoms with Crippen LogP contribution < -0.4 is 0 Å². The summed E-state index contributed by atoms with van der Waals surface area (Å²) in [6.45, 7) is 0. The molecule has 0 amide bonds. The van der Waals surface area contributed by atoms with Gasteiger partial charge in [-0.2, -0.15) is 0 Å². The molecule has 0 N–H and O–H groups in total. The van der Waals surface area contributed by atoms with Crippen LogP contribution in [-0.2, 0) is 19.4 Å². The molecule has 0 aromatic rings. The molecule has 0 aliphatic carbocycles. The standard InChI is InChI=1S/Al.4ClH.Ti/h;4*1H;/q+3;;;;;+1/p-4. The van der Waals surface area contributed by atoms with Gasteiger partial charge in [-0.1, -0.05) is 0 Å². The summed E-state index contributed by atoms with van der Waals surface area (Å²) in [6.07, 6.45) is 0. The molecule has 0 heterocycles. The number of hydrogen-bond acceptors (Lipinski definition) is 0. The van der Waals surface area contributed by atoms with E-state index in [4.69, 9.17) is 30.1 Å². The minimum atomic E-state index is -1.72. The molecule has 0 atom stereocenters. The van der Waals surface area contributed by atoms with Crippen molar-refractivity contribution in [2.45, 2.75) is 0 Å². The molecule has 0 saturated carbocycles. The predicted octanol–water partition coefficient (Wildman–Crippen LogP) is 2.37. The molecule has 0 rings (SSSR count). The SMILES string of the molecule is [Cl][Al]([Cl])[Cl].[Cl][Ti]. The quantitative estimate of drug-likeness (QED) is 0.546. The Balaban J connectivity index is 0. The summed E-state index contributed by atoms with van der Waals surface area (Å²) in [5, 5.41) is 0. The zero-order valence-electron chi connectivity index (χ0n) is 2.59. The van der Waals surface area contributed by atoms with E-state index in [1.807, 2.05) is 0 Å². The van der Waals surface area contributed by atoms with Crippen LogP contribution in [0, 0.1) is 0 Å². The van der Waals surface area contributed by atoms with E-state index < -0.39 is 11.4 Å². The fraction of sp³-hybridized carbons (Fsp3) is 0. The van der Waals surface area contributed by atoms with E-state index in [2.05, 4.69) is 9.30 Å². The van der Waals surface area contributed by atoms with Crippen LogP contribution in [0.15, 0.2) is 0 Å². The summed E-state index contributed by atoms with van der Waals surface area (Å²) in [4.78, 5) is 0. The van der Waals surface area contributed by atoms with Gasteiger partial charge in [-0.05, 0) is 0 Å². The van der Waals surface area contributed by atoms with Gasteiger partial charge < -0.3 is 0 Å². The first kappa shape index (κ1) is 11.2. The van der Waals surface area contributed by atoms with Crippen molar-refractivity contribution < 1.29 is 19.4 Å². The van der Waals surface area contributed by atoms with Crippen molar-refractivity contribution in [3.8, 4) is 0 Å². The Morgan fingerprint density at radius 1 is 1.00 bits per heavy atom. The normalized spacial score (nSPS) is 5.17. The third-order valence-electron chi connectivity index (χ3n) is 0. The average Bonchev–Trinajstić information content (AvgIpc) is 1.41. The zero-order valence-corrected chi connectivity index (χ0v) is 8.33. The van der Waals surface area contributed by atoms with Crippen molar-refractivity contribution in [2.75, 3.05) is 0 Å². The van der Waals surface area contributed by atoms with Gasteiger partial charge in [0.15, 0.2) is 0 Å². The van der Waals surface area contributed by atoms with Crippen molar-refractivity contribution in [3.63, 3.8) is 0 Å². The first-order valence-corrected chi connectivity index (χ1v) is 8.23. The van der Waals surface area contributed by atoms with Crippen LogP contribution in [0.5, 0.6) is 0 Å². The predicted molar refractivity (Wildman–Crippen MR) is 29.2 cm³/mol. The molecule has 6 heteroatoms. The Bertz CT molecular complexity index is 12.3. The van der Waals surface area contributed by atoms with Crippen molar-refractivity contribution in [1.29, 1.82) is 0 Å². The van der Waals surface area contributed by atoms with Crippen molar-refractivity contribution in [1.82, 2.24) is 0 Å². The maximum atomic E-state index is 4.94. The number of rotatable bonds is 0. The Kier molecular flexibility index (Phi) is 19.5. The third-order valence-corrected chi connectivity index (χ3v) is 0. The number of halogens is 4. The van der Waals surface area contributed by atoms with Crippen LogP contribution in [0.4, 0.5) is 0 Å². The van der Waals surface area contributed by atoms with Crippen LogP contribution in [-0.4, -0.2) is 11.4 Å². The monoisotopic (exact) mass is 215 g/mol. The zero-order chi connectivity index (χ0) is 5.58. The van der Waals surface area contributed by atoms with E-state index in [1.54, 1.807) is 0 Å². The molecule has 0 nitrogen and oxygen atoms in total. The van der Waals surface area contributed by atoms with E-state index in [0.717, 1.165) is 0 Å². The summed E-state index contributed by atoms with van der Waals surface area (Å²) < 4.78 is 0. The first-order valence-electron chi connectivity index (χ1n) is 0.844. The molecule has 0 aliphatic rings. The van der Waals surface area contributed by atoms with Gasteiger partial charge in [0.2, 0.25) is 0 Å². The van der Waals surface area contributed by atoms with Gasteiger partial charge in [-0.15, -0.1) is 0 Å². The van der Waals surface area contributed by atoms with Crippen molar-refractivity contribution in [2.24, 2.45) is 0 Å². The van der Waals surface area contributed by atoms with E-state index in [9.17, 15) is 0 Å². The molecule has 0 radical (unpaired) electrons. The molecule has 0 aliphatic heterocycles. The molecular formula is AlCl4Ti. The summed E-state index contributed by atoms with van der Waals surface area (Å²) >= 11 is -0.250. The van der Waals surface area contributed by atoms with Crippen LogP contribution in [0.3, 0.4) is 0 Å². The van der Waals surface area contributed by atoms with Crippen molar-refractivity contribution in [3.05, 3.63) is 0 Å². The molecule has 0 spiro atoms. The van der Waals surface area contributed by atoms with E-state index in [1.165, 1.54) is 19.4 Å². The molecule has 0 aromatic carbocycles. The molecule has 6 heavy (non-hydrogen) atoms. The van der Waals surface area contributed by atoms with Crippen LogP contribution in [0.1, 0.15) is 0 Å². The molecule has 0 bridgehead atoms. The molecule has 0 unspecified atom stereocenters. The summed E-state index contributed by atoms with van der Waals surface area (Å²) in [7, 11) is 19.5. The van der Waals surface area contributed by atoms with Gasteiger partial charge in [-0.25, -0.2) is 30.1 Å². The first-order chi connectivity index (χ1) is 2.73. The second-order valence-corrected chi connectivity index (χ2v) is 6.68. The maximum absolute atomic E-state index is 4.94. The van der Waals surface area contributed by atoms with Crippen LogP contribution in [0.25, 0.3) is 0 Å². The fourth-order valence-corrected chi connectivity index (χ4v) is 0. The Morgan fingerprint density at radius 2 is 1.00 bits per heavy atom. The van der Waals surface area contributed by atoms with Crippen LogP contribution in [0.2, 0.25) is 0 Å². The van der Waals surface area contributed by atoms with E-state index >= 15 is 0 Å². The van der Waals surface area contributed by atoms with Crippen LogP contribution >= 0.6 is 39.5 Å². The summed E-state index contributed by atoms with van der Waals surface area (Å²) in [5.41, 5.74) is 0. The fourth-order valence-electron chi connectivity index (χ4n) is 0. The van der Waals surface area contributed by atoms with Gasteiger partial charge in [0.25, 0.3) is 0 Å². The van der Waals surface area contributed by atoms with Gasteiger partial charge >= 0.3 is 40.1 Å². The third kappa shape index (κ3) is 32.3. The second-order valence-electron chi connectivity index (χ2n) is 0.247. The Morgan fingerprint density at radius 3 is 1.00 bits per heavy atom. The van der Waals surface area contributed by atoms with E-state index in [0.29, 0.717) is 0 Å². The van der Waals surface area contributed by atoms with E-state index in [-0.39, 0.29) is 0 Å². The Labute approximate surface area is 69.4 Å². The molecular weight excluding hydrogens is 217 g/mol. The topological polar surface area (TPSA) is 0 Å². The summed E-state index contributed by atoms with van der Waals surface area (Å²) in [6, 6.07) is 0. The molecule has 0 fully saturated rings. The average molecular weight is 217 g/mol. The molecule has 0 saturated heterocycles. The van der Waals surface area contributed by atoms with Gasteiger partial charge in [0, 0.05) is 0 Å².